The molecule has 0 spiro atoms. The average Bonchev–Trinajstić information content (AvgIpc) is 3.16. The molecule has 2 aromatic rings. The summed E-state index contributed by atoms with van der Waals surface area (Å²) in [7, 11) is 0. The lowest BCUT2D eigenvalue weighted by Gasteiger charge is -2.07. The van der Waals surface area contributed by atoms with E-state index in [1.165, 1.54) is 18.9 Å². The molecule has 0 bridgehead atoms. The first kappa shape index (κ1) is 14.3. The predicted octanol–water partition coefficient (Wildman–Crippen LogP) is 3.29. The Bertz CT molecular complexity index is 698. The van der Waals surface area contributed by atoms with Crippen molar-refractivity contribution >= 4 is 28.8 Å². The predicted molar refractivity (Wildman–Crippen MR) is 75.3 cm³/mol. The summed E-state index contributed by atoms with van der Waals surface area (Å²) in [5.41, 5.74) is 0.487. The van der Waals surface area contributed by atoms with Gasteiger partial charge in [0.15, 0.2) is 11.0 Å². The van der Waals surface area contributed by atoms with Crippen molar-refractivity contribution in [2.45, 2.75) is 31.0 Å². The molecule has 0 saturated heterocycles. The van der Waals surface area contributed by atoms with E-state index in [2.05, 4.69) is 4.98 Å². The Kier molecular flexibility index (Phi) is 3.84. The Balaban J connectivity index is 1.98. The number of benzene rings is 1. The zero-order valence-electron chi connectivity index (χ0n) is 11.2. The molecule has 1 heterocycles. The van der Waals surface area contributed by atoms with E-state index >= 15 is 0 Å². The fourth-order valence-electron chi connectivity index (χ4n) is 2.30. The fraction of sp³-hybridized carbons (Fsp3) is 0.429. The normalized spacial score (nSPS) is 14.8. The number of carboxylic acids is 1. The summed E-state index contributed by atoms with van der Waals surface area (Å²) in [5, 5.41) is 9.20. The summed E-state index contributed by atoms with van der Waals surface area (Å²) in [4.78, 5) is 14.8. The van der Waals surface area contributed by atoms with Gasteiger partial charge in [-0.05, 0) is 12.3 Å². The number of thioether (sulfide) groups is 1. The molecule has 0 radical (unpaired) electrons. The molecule has 1 aliphatic rings. The van der Waals surface area contributed by atoms with Gasteiger partial charge in [0, 0.05) is 18.7 Å². The van der Waals surface area contributed by atoms with Crippen LogP contribution in [0.15, 0.2) is 17.3 Å². The Labute approximate surface area is 124 Å². The highest BCUT2D eigenvalue weighted by molar-refractivity contribution is 7.99. The van der Waals surface area contributed by atoms with Gasteiger partial charge in [-0.25, -0.2) is 13.8 Å². The van der Waals surface area contributed by atoms with Crippen LogP contribution in [0.1, 0.15) is 19.3 Å². The van der Waals surface area contributed by atoms with E-state index in [0.29, 0.717) is 23.1 Å². The van der Waals surface area contributed by atoms with Crippen LogP contribution in [0.3, 0.4) is 0 Å². The van der Waals surface area contributed by atoms with Gasteiger partial charge in [-0.2, -0.15) is 0 Å². The monoisotopic (exact) mass is 312 g/mol. The molecule has 1 fully saturated rings. The van der Waals surface area contributed by atoms with E-state index in [-0.39, 0.29) is 11.3 Å². The lowest BCUT2D eigenvalue weighted by atomic mass is 10.2. The molecule has 1 aliphatic carbocycles. The topological polar surface area (TPSA) is 55.1 Å². The SMILES string of the molecule is O=C(O)CSc1nc2c(F)cc(F)cc2n1CCC1CC1. The Hall–Kier alpha value is -1.63. The van der Waals surface area contributed by atoms with Crippen LogP contribution < -0.4 is 0 Å². The van der Waals surface area contributed by atoms with Gasteiger partial charge in [-0.15, -0.1) is 0 Å². The van der Waals surface area contributed by atoms with Gasteiger partial charge in [0.2, 0.25) is 0 Å². The number of aliphatic carboxylic acids is 1. The second-order valence-corrected chi connectivity index (χ2v) is 6.16. The van der Waals surface area contributed by atoms with Gasteiger partial charge in [0.1, 0.15) is 11.3 Å². The quantitative estimate of drug-likeness (QED) is 0.832. The molecule has 4 nitrogen and oxygen atoms in total. The third-order valence-electron chi connectivity index (χ3n) is 3.52. The minimum Gasteiger partial charge on any atom is -0.481 e. The first-order valence-corrected chi connectivity index (χ1v) is 7.73. The Morgan fingerprint density at radius 2 is 2.19 bits per heavy atom. The van der Waals surface area contributed by atoms with E-state index in [1.54, 1.807) is 4.57 Å². The summed E-state index contributed by atoms with van der Waals surface area (Å²) < 4.78 is 29.0. The number of aromatic nitrogens is 2. The van der Waals surface area contributed by atoms with Crippen molar-refractivity contribution in [2.24, 2.45) is 5.92 Å². The number of carbonyl (C=O) groups is 1. The van der Waals surface area contributed by atoms with Crippen molar-refractivity contribution in [3.05, 3.63) is 23.8 Å². The zero-order chi connectivity index (χ0) is 15.0. The third-order valence-corrected chi connectivity index (χ3v) is 4.48. The highest BCUT2D eigenvalue weighted by Gasteiger charge is 2.23. The molecule has 0 amide bonds. The molecule has 1 aromatic heterocycles. The number of imidazole rings is 1. The van der Waals surface area contributed by atoms with E-state index < -0.39 is 17.6 Å². The van der Waals surface area contributed by atoms with Gasteiger partial charge in [0.25, 0.3) is 0 Å². The number of aryl methyl sites for hydroxylation is 1. The number of rotatable bonds is 6. The van der Waals surface area contributed by atoms with Crippen LogP contribution in [0.2, 0.25) is 0 Å². The summed E-state index contributed by atoms with van der Waals surface area (Å²) in [5.74, 6) is -1.82. The first-order valence-electron chi connectivity index (χ1n) is 6.74. The van der Waals surface area contributed by atoms with Crippen molar-refractivity contribution in [3.8, 4) is 0 Å². The molecule has 112 valence electrons. The van der Waals surface area contributed by atoms with Crippen LogP contribution in [-0.2, 0) is 11.3 Å². The molecule has 0 unspecified atom stereocenters. The third kappa shape index (κ3) is 3.18. The average molecular weight is 312 g/mol. The van der Waals surface area contributed by atoms with Crippen molar-refractivity contribution in [1.29, 1.82) is 0 Å². The minimum atomic E-state index is -0.965. The number of nitrogens with zero attached hydrogens (tertiary/aromatic N) is 2. The summed E-state index contributed by atoms with van der Waals surface area (Å²) >= 11 is 1.03. The highest BCUT2D eigenvalue weighted by Crippen LogP contribution is 2.34. The highest BCUT2D eigenvalue weighted by atomic mass is 32.2. The van der Waals surface area contributed by atoms with Crippen LogP contribution in [0.5, 0.6) is 0 Å². The summed E-state index contributed by atoms with van der Waals surface area (Å²) in [6.45, 7) is 0.603. The summed E-state index contributed by atoms with van der Waals surface area (Å²) in [6.07, 6.45) is 3.30. The number of hydrogen-bond acceptors (Lipinski definition) is 3. The van der Waals surface area contributed by atoms with E-state index in [0.717, 1.165) is 24.2 Å². The molecular weight excluding hydrogens is 298 g/mol. The van der Waals surface area contributed by atoms with Crippen LogP contribution >= 0.6 is 11.8 Å². The van der Waals surface area contributed by atoms with Crippen molar-refractivity contribution < 1.29 is 18.7 Å². The standard InChI is InChI=1S/C14H14F2N2O2S/c15-9-5-10(16)13-11(6-9)18(4-3-8-1-2-8)14(17-13)21-7-12(19)20/h5-6,8H,1-4,7H2,(H,19,20). The maximum atomic E-state index is 13.8. The van der Waals surface area contributed by atoms with Crippen molar-refractivity contribution in [2.75, 3.05) is 5.75 Å². The minimum absolute atomic E-state index is 0.0973. The van der Waals surface area contributed by atoms with Gasteiger partial charge < -0.3 is 9.67 Å². The van der Waals surface area contributed by atoms with Crippen LogP contribution in [-0.4, -0.2) is 26.4 Å². The van der Waals surface area contributed by atoms with Crippen LogP contribution in [0, 0.1) is 17.6 Å². The number of hydrogen-bond donors (Lipinski definition) is 1. The van der Waals surface area contributed by atoms with Crippen LogP contribution in [0.4, 0.5) is 8.78 Å². The van der Waals surface area contributed by atoms with E-state index in [4.69, 9.17) is 5.11 Å². The molecule has 0 aliphatic heterocycles. The van der Waals surface area contributed by atoms with Gasteiger partial charge in [-0.3, -0.25) is 4.79 Å². The molecule has 1 N–H and O–H groups in total. The number of fused-ring (bicyclic) bond motifs is 1. The molecular formula is C14H14F2N2O2S. The van der Waals surface area contributed by atoms with Gasteiger partial charge >= 0.3 is 5.97 Å². The molecule has 7 heteroatoms. The van der Waals surface area contributed by atoms with Crippen molar-refractivity contribution in [3.63, 3.8) is 0 Å². The molecule has 1 aromatic carbocycles. The van der Waals surface area contributed by atoms with Crippen LogP contribution in [0.25, 0.3) is 11.0 Å². The Morgan fingerprint density at radius 3 is 2.86 bits per heavy atom. The lowest BCUT2D eigenvalue weighted by Crippen LogP contribution is -2.04. The fourth-order valence-corrected chi connectivity index (χ4v) is 3.05. The molecule has 0 atom stereocenters. The second kappa shape index (κ2) is 5.63. The largest absolute Gasteiger partial charge is 0.481 e. The number of carboxylic acid groups (broad SMARTS) is 1. The molecule has 21 heavy (non-hydrogen) atoms. The Morgan fingerprint density at radius 1 is 1.43 bits per heavy atom. The maximum Gasteiger partial charge on any atom is 0.313 e. The van der Waals surface area contributed by atoms with E-state index in [1.807, 2.05) is 0 Å². The second-order valence-electron chi connectivity index (χ2n) is 5.22. The maximum absolute atomic E-state index is 13.8. The molecule has 3 rings (SSSR count). The van der Waals surface area contributed by atoms with Crippen molar-refractivity contribution in [1.82, 2.24) is 9.55 Å². The van der Waals surface area contributed by atoms with Gasteiger partial charge in [-0.1, -0.05) is 24.6 Å². The summed E-state index contributed by atoms with van der Waals surface area (Å²) in [6, 6.07) is 2.05. The smallest absolute Gasteiger partial charge is 0.313 e. The number of halogens is 2. The lowest BCUT2D eigenvalue weighted by molar-refractivity contribution is -0.133. The molecule has 1 saturated carbocycles. The zero-order valence-corrected chi connectivity index (χ0v) is 12.0. The van der Waals surface area contributed by atoms with Gasteiger partial charge in [0.05, 0.1) is 11.3 Å². The first-order chi connectivity index (χ1) is 10.0. The van der Waals surface area contributed by atoms with E-state index in [9.17, 15) is 13.6 Å².